The van der Waals surface area contributed by atoms with Gasteiger partial charge in [-0.2, -0.15) is 5.10 Å². The van der Waals surface area contributed by atoms with Gasteiger partial charge in [-0.1, -0.05) is 12.1 Å². The van der Waals surface area contributed by atoms with E-state index in [2.05, 4.69) is 4.99 Å². The van der Waals surface area contributed by atoms with Crippen molar-refractivity contribution in [3.8, 4) is 0 Å². The summed E-state index contributed by atoms with van der Waals surface area (Å²) in [6.07, 6.45) is 2.38. The van der Waals surface area contributed by atoms with Crippen LogP contribution >= 0.6 is 0 Å². The van der Waals surface area contributed by atoms with Crippen LogP contribution in [0.1, 0.15) is 61.3 Å². The summed E-state index contributed by atoms with van der Waals surface area (Å²) < 4.78 is 6.78. The number of hydrogen-bond donors (Lipinski definition) is 0. The number of nitro groups is 1. The molecule has 1 aliphatic heterocycles. The molecule has 0 amide bonds. The number of nitrogens with zero attached hydrogens (tertiary/aromatic N) is 4. The lowest BCUT2D eigenvalue weighted by Gasteiger charge is -2.31. The molecular weight excluding hydrogens is 400 g/mol. The molecule has 2 unspecified atom stereocenters. The number of methoxy groups -OCH3 is 1. The number of aromatic nitrogens is 2. The number of non-ortho nitro benzene ring substituents is 1. The molecule has 1 aliphatic carbocycles. The van der Waals surface area contributed by atoms with Gasteiger partial charge in [0.05, 0.1) is 17.7 Å². The third kappa shape index (κ3) is 3.64. The van der Waals surface area contributed by atoms with Crippen molar-refractivity contribution in [2.75, 3.05) is 7.11 Å². The Morgan fingerprint density at radius 1 is 1.29 bits per heavy atom. The topological polar surface area (TPSA) is 117 Å². The molecule has 2 atom stereocenters. The molecule has 0 radical (unpaired) electrons. The quantitative estimate of drug-likeness (QED) is 0.421. The fourth-order valence-electron chi connectivity index (χ4n) is 4.77. The fraction of sp³-hybridized carbons (Fsp3) is 0.455. The number of ketones is 1. The summed E-state index contributed by atoms with van der Waals surface area (Å²) in [6.45, 7) is 1.76. The summed E-state index contributed by atoms with van der Waals surface area (Å²) in [5.74, 6) is -0.717. The van der Waals surface area contributed by atoms with Crippen LogP contribution in [0.15, 0.2) is 29.3 Å². The number of carbonyl (C=O) groups excluding carboxylic acids is 2. The molecular formula is C22H24N4O5. The minimum atomic E-state index is -0.715. The van der Waals surface area contributed by atoms with Crippen molar-refractivity contribution >= 4 is 29.0 Å². The summed E-state index contributed by atoms with van der Waals surface area (Å²) in [7, 11) is 3.13. The van der Waals surface area contributed by atoms with Gasteiger partial charge >= 0.3 is 5.97 Å². The van der Waals surface area contributed by atoms with E-state index in [1.165, 1.54) is 19.2 Å². The zero-order chi connectivity index (χ0) is 22.3. The van der Waals surface area contributed by atoms with Crippen molar-refractivity contribution in [2.24, 2.45) is 18.0 Å². The zero-order valence-corrected chi connectivity index (χ0v) is 17.7. The number of Topliss-reactive ketones (excluding diaryl/α,β-unsaturated/α-hetero) is 1. The third-order valence-corrected chi connectivity index (χ3v) is 6.28. The summed E-state index contributed by atoms with van der Waals surface area (Å²) in [6, 6.07) is 6.34. The van der Waals surface area contributed by atoms with Gasteiger partial charge in [0.15, 0.2) is 5.82 Å². The first-order valence-electron chi connectivity index (χ1n) is 10.3. The van der Waals surface area contributed by atoms with Gasteiger partial charge < -0.3 is 4.74 Å². The Balaban J connectivity index is 1.92. The standard InChI is InChI=1S/C22H24N4O5/c1-12-17(22(28)31-3)18(14-5-4-6-15(11-14)26(29)30)19-20(24-25(2)21(19)23-12)13-7-9-16(27)10-8-13/h4-6,11,13,17-18H,7-10H2,1-3H3. The van der Waals surface area contributed by atoms with Crippen molar-refractivity contribution in [1.82, 2.24) is 9.78 Å². The highest BCUT2D eigenvalue weighted by Crippen LogP contribution is 2.48. The number of hydrogen-bond acceptors (Lipinski definition) is 7. The molecule has 0 spiro atoms. The number of carbonyl (C=O) groups is 2. The maximum absolute atomic E-state index is 12.8. The number of esters is 1. The monoisotopic (exact) mass is 424 g/mol. The number of nitro benzene ring substituents is 1. The van der Waals surface area contributed by atoms with Crippen LogP contribution in [-0.4, -0.2) is 39.3 Å². The van der Waals surface area contributed by atoms with Crippen LogP contribution in [0.4, 0.5) is 11.5 Å². The highest BCUT2D eigenvalue weighted by atomic mass is 16.6. The second kappa shape index (κ2) is 8.05. The maximum Gasteiger partial charge on any atom is 0.315 e. The second-order valence-corrected chi connectivity index (χ2v) is 8.14. The van der Waals surface area contributed by atoms with Crippen LogP contribution < -0.4 is 0 Å². The van der Waals surface area contributed by atoms with Crippen molar-refractivity contribution in [2.45, 2.75) is 44.4 Å². The smallest absolute Gasteiger partial charge is 0.315 e. The molecule has 1 saturated carbocycles. The van der Waals surface area contributed by atoms with E-state index in [0.29, 0.717) is 42.8 Å². The SMILES string of the molecule is COC(=O)C1C(C)=Nc2c(c(C3CCC(=O)CC3)nn2C)C1c1cccc([N+](=O)[O-])c1. The van der Waals surface area contributed by atoms with Crippen LogP contribution in [0.5, 0.6) is 0 Å². The summed E-state index contributed by atoms with van der Waals surface area (Å²) in [5, 5.41) is 16.1. The summed E-state index contributed by atoms with van der Waals surface area (Å²) >= 11 is 0. The van der Waals surface area contributed by atoms with Crippen LogP contribution in [0.2, 0.25) is 0 Å². The van der Waals surface area contributed by atoms with E-state index in [-0.39, 0.29) is 17.4 Å². The molecule has 4 rings (SSSR count). The van der Waals surface area contributed by atoms with Gasteiger partial charge in [0.1, 0.15) is 11.7 Å². The Morgan fingerprint density at radius 2 is 2.00 bits per heavy atom. The molecule has 0 bridgehead atoms. The Labute approximate surface area is 179 Å². The Morgan fingerprint density at radius 3 is 2.65 bits per heavy atom. The van der Waals surface area contributed by atoms with Crippen molar-refractivity contribution < 1.29 is 19.2 Å². The lowest BCUT2D eigenvalue weighted by atomic mass is 9.73. The van der Waals surface area contributed by atoms with Gasteiger partial charge in [-0.25, -0.2) is 4.99 Å². The van der Waals surface area contributed by atoms with Crippen LogP contribution in [0.3, 0.4) is 0 Å². The molecule has 1 fully saturated rings. The fourth-order valence-corrected chi connectivity index (χ4v) is 4.77. The van der Waals surface area contributed by atoms with Crippen LogP contribution in [0, 0.1) is 16.0 Å². The van der Waals surface area contributed by atoms with Crippen LogP contribution in [0.25, 0.3) is 0 Å². The average Bonchev–Trinajstić information content (AvgIpc) is 3.08. The first-order valence-corrected chi connectivity index (χ1v) is 10.3. The Kier molecular flexibility index (Phi) is 5.43. The lowest BCUT2D eigenvalue weighted by molar-refractivity contribution is -0.384. The van der Waals surface area contributed by atoms with E-state index in [4.69, 9.17) is 9.84 Å². The third-order valence-electron chi connectivity index (χ3n) is 6.28. The molecule has 0 saturated heterocycles. The molecule has 2 aromatic rings. The van der Waals surface area contributed by atoms with Gasteiger partial charge in [0, 0.05) is 55.1 Å². The van der Waals surface area contributed by atoms with Crippen LogP contribution in [-0.2, 0) is 21.4 Å². The predicted molar refractivity (Wildman–Crippen MR) is 113 cm³/mol. The highest BCUT2D eigenvalue weighted by molar-refractivity contribution is 6.05. The molecule has 9 heteroatoms. The first kappa shape index (κ1) is 20.9. The van der Waals surface area contributed by atoms with Crippen molar-refractivity contribution in [1.29, 1.82) is 0 Å². The number of rotatable bonds is 4. The highest BCUT2D eigenvalue weighted by Gasteiger charge is 2.43. The van der Waals surface area contributed by atoms with E-state index in [9.17, 15) is 19.7 Å². The normalized spacial score (nSPS) is 21.4. The Hall–Kier alpha value is -3.36. The number of aliphatic imine (C=N–C) groups is 1. The summed E-state index contributed by atoms with van der Waals surface area (Å²) in [5.41, 5.74) is 2.78. The molecule has 1 aromatic carbocycles. The minimum absolute atomic E-state index is 0.0449. The first-order chi connectivity index (χ1) is 14.8. The molecule has 0 N–H and O–H groups in total. The van der Waals surface area contributed by atoms with E-state index < -0.39 is 22.7 Å². The van der Waals surface area contributed by atoms with E-state index in [1.807, 2.05) is 0 Å². The maximum atomic E-state index is 12.8. The molecule has 2 heterocycles. The molecule has 1 aromatic heterocycles. The van der Waals surface area contributed by atoms with E-state index >= 15 is 0 Å². The zero-order valence-electron chi connectivity index (χ0n) is 17.7. The number of fused-ring (bicyclic) bond motifs is 1. The number of benzene rings is 1. The second-order valence-electron chi connectivity index (χ2n) is 8.14. The average molecular weight is 424 g/mol. The van der Waals surface area contributed by atoms with Crippen molar-refractivity contribution in [3.05, 3.63) is 51.2 Å². The van der Waals surface area contributed by atoms with Gasteiger partial charge in [-0.15, -0.1) is 0 Å². The number of aryl methyl sites for hydroxylation is 1. The lowest BCUT2D eigenvalue weighted by Crippen LogP contribution is -2.33. The van der Waals surface area contributed by atoms with Gasteiger partial charge in [-0.05, 0) is 25.3 Å². The predicted octanol–water partition coefficient (Wildman–Crippen LogP) is 3.58. The minimum Gasteiger partial charge on any atom is -0.468 e. The summed E-state index contributed by atoms with van der Waals surface area (Å²) in [4.78, 5) is 40.2. The molecule has 9 nitrogen and oxygen atoms in total. The van der Waals surface area contributed by atoms with Gasteiger partial charge in [-0.3, -0.25) is 24.4 Å². The van der Waals surface area contributed by atoms with E-state index in [0.717, 1.165) is 11.3 Å². The van der Waals surface area contributed by atoms with E-state index in [1.54, 1.807) is 30.8 Å². The van der Waals surface area contributed by atoms with Crippen molar-refractivity contribution in [3.63, 3.8) is 0 Å². The number of ether oxygens (including phenoxy) is 1. The largest absolute Gasteiger partial charge is 0.468 e. The van der Waals surface area contributed by atoms with Gasteiger partial charge in [0.2, 0.25) is 0 Å². The molecule has 162 valence electrons. The molecule has 2 aliphatic rings. The Bertz CT molecular complexity index is 1090. The molecule has 31 heavy (non-hydrogen) atoms. The van der Waals surface area contributed by atoms with Gasteiger partial charge in [0.25, 0.3) is 5.69 Å².